The molecule has 1 aromatic carbocycles. The predicted octanol–water partition coefficient (Wildman–Crippen LogP) is 2.93. The van der Waals surface area contributed by atoms with Crippen LogP contribution >= 0.6 is 27.3 Å². The van der Waals surface area contributed by atoms with Crippen LogP contribution in [-0.2, 0) is 4.79 Å². The van der Waals surface area contributed by atoms with Gasteiger partial charge in [-0.05, 0) is 40.2 Å². The molecule has 0 unspecified atom stereocenters. The Hall–Kier alpha value is -1.17. The van der Waals surface area contributed by atoms with Gasteiger partial charge in [0, 0.05) is 10.6 Å². The molecule has 2 aromatic rings. The lowest BCUT2D eigenvalue weighted by Gasteiger charge is -2.44. The SMILES string of the molecule is N[C@@H]1C(=O)N(c2ccccc2)[C@H]1c1ccc(Br)s1. The van der Waals surface area contributed by atoms with E-state index in [-0.39, 0.29) is 11.9 Å². The fourth-order valence-corrected chi connectivity index (χ4v) is 3.74. The molecule has 0 aliphatic carbocycles. The first kappa shape index (κ1) is 11.9. The average molecular weight is 323 g/mol. The number of anilines is 1. The van der Waals surface area contributed by atoms with E-state index in [2.05, 4.69) is 15.9 Å². The van der Waals surface area contributed by atoms with E-state index >= 15 is 0 Å². The summed E-state index contributed by atoms with van der Waals surface area (Å²) in [6.07, 6.45) is 0. The van der Waals surface area contributed by atoms with Crippen LogP contribution in [0.1, 0.15) is 10.9 Å². The highest BCUT2D eigenvalue weighted by Crippen LogP contribution is 2.41. The number of nitrogens with two attached hydrogens (primary N) is 1. The van der Waals surface area contributed by atoms with Crippen LogP contribution in [0.25, 0.3) is 0 Å². The summed E-state index contributed by atoms with van der Waals surface area (Å²) in [5, 5.41) is 0. The lowest BCUT2D eigenvalue weighted by atomic mass is 9.93. The van der Waals surface area contributed by atoms with Crippen molar-refractivity contribution in [1.82, 2.24) is 0 Å². The molecular formula is C13H11BrN2OS. The number of nitrogens with zero attached hydrogens (tertiary/aromatic N) is 1. The molecular weight excluding hydrogens is 312 g/mol. The number of β-lactam (4-membered cyclic amide) rings is 1. The van der Waals surface area contributed by atoms with Gasteiger partial charge in [-0.3, -0.25) is 4.79 Å². The van der Waals surface area contributed by atoms with E-state index < -0.39 is 6.04 Å². The quantitative estimate of drug-likeness (QED) is 0.864. The van der Waals surface area contributed by atoms with E-state index in [0.717, 1.165) is 14.4 Å². The van der Waals surface area contributed by atoms with Crippen molar-refractivity contribution in [2.24, 2.45) is 5.73 Å². The van der Waals surface area contributed by atoms with Gasteiger partial charge in [-0.2, -0.15) is 0 Å². The van der Waals surface area contributed by atoms with E-state index in [1.165, 1.54) is 0 Å². The van der Waals surface area contributed by atoms with E-state index in [4.69, 9.17) is 5.73 Å². The zero-order valence-corrected chi connectivity index (χ0v) is 11.8. The largest absolute Gasteiger partial charge is 0.318 e. The van der Waals surface area contributed by atoms with E-state index in [9.17, 15) is 4.79 Å². The Morgan fingerprint density at radius 3 is 2.50 bits per heavy atom. The molecule has 0 spiro atoms. The molecule has 1 aliphatic rings. The van der Waals surface area contributed by atoms with E-state index in [1.807, 2.05) is 42.5 Å². The molecule has 3 nitrogen and oxygen atoms in total. The third-order valence-corrected chi connectivity index (χ3v) is 4.76. The van der Waals surface area contributed by atoms with Gasteiger partial charge in [0.15, 0.2) is 0 Å². The van der Waals surface area contributed by atoms with Crippen LogP contribution in [0.4, 0.5) is 5.69 Å². The van der Waals surface area contributed by atoms with Gasteiger partial charge in [0.2, 0.25) is 5.91 Å². The van der Waals surface area contributed by atoms with Crippen LogP contribution in [0, 0.1) is 0 Å². The van der Waals surface area contributed by atoms with Crippen molar-refractivity contribution in [3.63, 3.8) is 0 Å². The second kappa shape index (κ2) is 4.50. The van der Waals surface area contributed by atoms with Crippen LogP contribution in [-0.4, -0.2) is 11.9 Å². The van der Waals surface area contributed by atoms with Gasteiger partial charge in [0.05, 0.1) is 9.83 Å². The smallest absolute Gasteiger partial charge is 0.247 e. The van der Waals surface area contributed by atoms with Crippen LogP contribution in [0.2, 0.25) is 0 Å². The molecule has 1 aliphatic heterocycles. The second-order valence-electron chi connectivity index (χ2n) is 4.16. The maximum atomic E-state index is 11.9. The van der Waals surface area contributed by atoms with Gasteiger partial charge in [0.25, 0.3) is 0 Å². The molecule has 1 aromatic heterocycles. The molecule has 1 fully saturated rings. The average Bonchev–Trinajstić information content (AvgIpc) is 2.81. The van der Waals surface area contributed by atoms with Gasteiger partial charge in [-0.15, -0.1) is 11.3 Å². The van der Waals surface area contributed by atoms with Crippen molar-refractivity contribution in [1.29, 1.82) is 0 Å². The minimum Gasteiger partial charge on any atom is -0.318 e. The lowest BCUT2D eigenvalue weighted by Crippen LogP contribution is -2.63. The van der Waals surface area contributed by atoms with Crippen molar-refractivity contribution in [3.8, 4) is 0 Å². The molecule has 2 heterocycles. The van der Waals surface area contributed by atoms with Gasteiger partial charge < -0.3 is 10.6 Å². The fraction of sp³-hybridized carbons (Fsp3) is 0.154. The summed E-state index contributed by atoms with van der Waals surface area (Å²) in [5.74, 6) is -0.0178. The number of hydrogen-bond acceptors (Lipinski definition) is 3. The maximum absolute atomic E-state index is 11.9. The molecule has 2 N–H and O–H groups in total. The number of amides is 1. The summed E-state index contributed by atoms with van der Waals surface area (Å²) in [4.78, 5) is 14.8. The summed E-state index contributed by atoms with van der Waals surface area (Å²) < 4.78 is 1.05. The van der Waals surface area contributed by atoms with Crippen molar-refractivity contribution in [2.45, 2.75) is 12.1 Å². The first-order valence-electron chi connectivity index (χ1n) is 5.57. The Balaban J connectivity index is 1.96. The summed E-state index contributed by atoms with van der Waals surface area (Å²) in [6, 6.07) is 13.2. The van der Waals surface area contributed by atoms with Gasteiger partial charge in [0.1, 0.15) is 6.04 Å². The normalized spacial score (nSPS) is 23.0. The highest BCUT2D eigenvalue weighted by molar-refractivity contribution is 9.11. The molecule has 92 valence electrons. The Morgan fingerprint density at radius 2 is 1.89 bits per heavy atom. The second-order valence-corrected chi connectivity index (χ2v) is 6.65. The molecule has 2 atom stereocenters. The zero-order valence-electron chi connectivity index (χ0n) is 9.42. The van der Waals surface area contributed by atoms with Crippen molar-refractivity contribution < 1.29 is 4.79 Å². The number of para-hydroxylation sites is 1. The molecule has 0 bridgehead atoms. The molecule has 5 heteroatoms. The number of halogens is 1. The minimum atomic E-state index is -0.434. The lowest BCUT2D eigenvalue weighted by molar-refractivity contribution is -0.126. The molecule has 1 amide bonds. The summed E-state index contributed by atoms with van der Waals surface area (Å²) >= 11 is 5.06. The van der Waals surface area contributed by atoms with Gasteiger partial charge in [-0.25, -0.2) is 0 Å². The summed E-state index contributed by atoms with van der Waals surface area (Å²) in [7, 11) is 0. The summed E-state index contributed by atoms with van der Waals surface area (Å²) in [5.41, 5.74) is 6.84. The van der Waals surface area contributed by atoms with Crippen LogP contribution in [0.15, 0.2) is 46.3 Å². The third-order valence-electron chi connectivity index (χ3n) is 3.06. The number of thiophene rings is 1. The van der Waals surface area contributed by atoms with Crippen molar-refractivity contribution in [3.05, 3.63) is 51.1 Å². The Bertz CT molecular complexity index is 584. The monoisotopic (exact) mass is 322 g/mol. The maximum Gasteiger partial charge on any atom is 0.247 e. The van der Waals surface area contributed by atoms with Crippen molar-refractivity contribution >= 4 is 38.9 Å². The molecule has 0 radical (unpaired) electrons. The minimum absolute atomic E-state index is 0.0178. The number of hydrogen-bond donors (Lipinski definition) is 1. The first-order chi connectivity index (χ1) is 8.68. The highest BCUT2D eigenvalue weighted by atomic mass is 79.9. The van der Waals surface area contributed by atoms with Gasteiger partial charge >= 0.3 is 0 Å². The van der Waals surface area contributed by atoms with E-state index in [1.54, 1.807) is 16.2 Å². The van der Waals surface area contributed by atoms with E-state index in [0.29, 0.717) is 0 Å². The Kier molecular flexibility index (Phi) is 2.97. The topological polar surface area (TPSA) is 46.3 Å². The number of benzene rings is 1. The highest BCUT2D eigenvalue weighted by Gasteiger charge is 2.47. The van der Waals surface area contributed by atoms with Crippen molar-refractivity contribution in [2.75, 3.05) is 4.90 Å². The predicted molar refractivity (Wildman–Crippen MR) is 76.7 cm³/mol. The Labute approximate surface area is 117 Å². The molecule has 3 rings (SSSR count). The first-order valence-corrected chi connectivity index (χ1v) is 7.18. The molecule has 18 heavy (non-hydrogen) atoms. The molecule has 0 saturated carbocycles. The molecule has 1 saturated heterocycles. The third kappa shape index (κ3) is 1.79. The van der Waals surface area contributed by atoms with Crippen LogP contribution < -0.4 is 10.6 Å². The van der Waals surface area contributed by atoms with Gasteiger partial charge in [-0.1, -0.05) is 18.2 Å². The van der Waals surface area contributed by atoms with Crippen LogP contribution in [0.5, 0.6) is 0 Å². The number of carbonyl (C=O) groups is 1. The van der Waals surface area contributed by atoms with Crippen LogP contribution in [0.3, 0.4) is 0 Å². The number of rotatable bonds is 2. The standard InChI is InChI=1S/C13H11BrN2OS/c14-10-7-6-9(18-10)12-11(15)13(17)16(12)8-4-2-1-3-5-8/h1-7,11-12H,15H2/t11-,12-/m0/s1. The number of carbonyl (C=O) groups excluding carboxylic acids is 1. The summed E-state index contributed by atoms with van der Waals surface area (Å²) in [6.45, 7) is 0. The Morgan fingerprint density at radius 1 is 1.17 bits per heavy atom. The fourth-order valence-electron chi connectivity index (χ4n) is 2.18. The zero-order chi connectivity index (χ0) is 12.7.